The van der Waals surface area contributed by atoms with Crippen molar-refractivity contribution >= 4 is 29.0 Å². The Bertz CT molecular complexity index is 400. The van der Waals surface area contributed by atoms with Gasteiger partial charge in [-0.05, 0) is 43.6 Å². The monoisotopic (exact) mass is 257 g/mol. The van der Waals surface area contributed by atoms with E-state index in [1.54, 1.807) is 18.2 Å². The van der Waals surface area contributed by atoms with Gasteiger partial charge in [-0.3, -0.25) is 4.79 Å². The van der Waals surface area contributed by atoms with Crippen LogP contribution >= 0.6 is 23.2 Å². The maximum atomic E-state index is 11.9. The predicted octanol–water partition coefficient (Wildman–Crippen LogP) is 3.18. The van der Waals surface area contributed by atoms with Gasteiger partial charge in [0.1, 0.15) is 0 Å². The Morgan fingerprint density at radius 1 is 1.38 bits per heavy atom. The summed E-state index contributed by atoms with van der Waals surface area (Å²) in [5.41, 5.74) is 0.654. The van der Waals surface area contributed by atoms with Crippen LogP contribution in [0.5, 0.6) is 0 Å². The fourth-order valence-electron chi connectivity index (χ4n) is 1.94. The third kappa shape index (κ3) is 2.76. The summed E-state index contributed by atoms with van der Waals surface area (Å²) in [6.07, 6.45) is 1.66. The van der Waals surface area contributed by atoms with Crippen LogP contribution in [-0.2, 0) is 0 Å². The van der Waals surface area contributed by atoms with Gasteiger partial charge in [-0.15, -0.1) is 0 Å². The number of hydrogen-bond acceptors (Lipinski definition) is 2. The number of halogens is 2. The quantitative estimate of drug-likeness (QED) is 0.843. The lowest BCUT2D eigenvalue weighted by atomic mass is 9.98. The van der Waals surface area contributed by atoms with E-state index in [1.165, 1.54) is 0 Å². The first-order valence-electron chi connectivity index (χ1n) is 5.36. The summed E-state index contributed by atoms with van der Waals surface area (Å²) in [4.78, 5) is 11.9. The Morgan fingerprint density at radius 3 is 2.81 bits per heavy atom. The molecule has 0 bridgehead atoms. The van der Waals surface area contributed by atoms with Crippen molar-refractivity contribution in [2.24, 2.45) is 5.92 Å². The zero-order valence-electron chi connectivity index (χ0n) is 8.80. The van der Waals surface area contributed by atoms with Gasteiger partial charge in [0.15, 0.2) is 5.78 Å². The van der Waals surface area contributed by atoms with Crippen molar-refractivity contribution in [3.63, 3.8) is 0 Å². The number of carbonyl (C=O) groups is 1. The second kappa shape index (κ2) is 5.17. The zero-order chi connectivity index (χ0) is 11.5. The van der Waals surface area contributed by atoms with Crippen molar-refractivity contribution in [2.45, 2.75) is 12.8 Å². The standard InChI is InChI=1S/C12H13Cl2NO/c13-10-2-1-9(6-11(10)14)12(16)5-8-3-4-15-7-8/h1-2,6,8,15H,3-5,7H2. The molecule has 1 saturated heterocycles. The molecular weight excluding hydrogens is 245 g/mol. The number of benzene rings is 1. The summed E-state index contributed by atoms with van der Waals surface area (Å²) < 4.78 is 0. The molecule has 4 heteroatoms. The van der Waals surface area contributed by atoms with E-state index in [-0.39, 0.29) is 5.78 Å². The number of nitrogens with one attached hydrogen (secondary N) is 1. The molecule has 2 rings (SSSR count). The van der Waals surface area contributed by atoms with Gasteiger partial charge >= 0.3 is 0 Å². The van der Waals surface area contributed by atoms with Gasteiger partial charge in [0.05, 0.1) is 10.0 Å². The molecule has 0 saturated carbocycles. The van der Waals surface area contributed by atoms with Crippen molar-refractivity contribution in [2.75, 3.05) is 13.1 Å². The lowest BCUT2D eigenvalue weighted by molar-refractivity contribution is 0.0964. The minimum atomic E-state index is 0.146. The molecule has 1 fully saturated rings. The zero-order valence-corrected chi connectivity index (χ0v) is 10.3. The minimum absolute atomic E-state index is 0.146. The first kappa shape index (κ1) is 11.9. The maximum absolute atomic E-state index is 11.9. The molecular formula is C12H13Cl2NO. The van der Waals surface area contributed by atoms with Gasteiger partial charge < -0.3 is 5.32 Å². The van der Waals surface area contributed by atoms with Gasteiger partial charge in [0.25, 0.3) is 0 Å². The molecule has 0 aliphatic carbocycles. The highest BCUT2D eigenvalue weighted by atomic mass is 35.5. The molecule has 1 aliphatic heterocycles. The molecule has 1 aromatic carbocycles. The average Bonchev–Trinajstić information content (AvgIpc) is 2.74. The second-order valence-corrected chi connectivity index (χ2v) is 4.93. The van der Waals surface area contributed by atoms with E-state index in [9.17, 15) is 4.79 Å². The molecule has 1 atom stereocenters. The Kier molecular flexibility index (Phi) is 3.85. The van der Waals surface area contributed by atoms with Crippen molar-refractivity contribution < 1.29 is 4.79 Å². The molecule has 0 spiro atoms. The first-order valence-corrected chi connectivity index (χ1v) is 6.11. The van der Waals surface area contributed by atoms with Crippen LogP contribution in [0.25, 0.3) is 0 Å². The van der Waals surface area contributed by atoms with Crippen LogP contribution < -0.4 is 5.32 Å². The first-order chi connectivity index (χ1) is 7.66. The van der Waals surface area contributed by atoms with Crippen LogP contribution in [0, 0.1) is 5.92 Å². The fourth-order valence-corrected chi connectivity index (χ4v) is 2.24. The topological polar surface area (TPSA) is 29.1 Å². The van der Waals surface area contributed by atoms with Crippen LogP contribution in [-0.4, -0.2) is 18.9 Å². The van der Waals surface area contributed by atoms with Crippen molar-refractivity contribution in [3.8, 4) is 0 Å². The highest BCUT2D eigenvalue weighted by Gasteiger charge is 2.19. The van der Waals surface area contributed by atoms with E-state index in [2.05, 4.69) is 5.32 Å². The summed E-state index contributed by atoms with van der Waals surface area (Å²) in [5.74, 6) is 0.606. The second-order valence-electron chi connectivity index (χ2n) is 4.12. The molecule has 0 radical (unpaired) electrons. The Labute approximate surface area is 105 Å². The van der Waals surface area contributed by atoms with Gasteiger partial charge in [0, 0.05) is 12.0 Å². The Hall–Kier alpha value is -0.570. The van der Waals surface area contributed by atoms with E-state index < -0.39 is 0 Å². The minimum Gasteiger partial charge on any atom is -0.316 e. The van der Waals surface area contributed by atoms with Crippen LogP contribution in [0.15, 0.2) is 18.2 Å². The molecule has 1 N–H and O–H groups in total. The molecule has 16 heavy (non-hydrogen) atoms. The number of carbonyl (C=O) groups excluding carboxylic acids is 1. The molecule has 1 unspecified atom stereocenters. The Morgan fingerprint density at radius 2 is 2.19 bits per heavy atom. The summed E-state index contributed by atoms with van der Waals surface area (Å²) in [6, 6.07) is 5.05. The fraction of sp³-hybridized carbons (Fsp3) is 0.417. The highest BCUT2D eigenvalue weighted by molar-refractivity contribution is 6.42. The smallest absolute Gasteiger partial charge is 0.163 e. The molecule has 0 aromatic heterocycles. The average molecular weight is 258 g/mol. The molecule has 86 valence electrons. The van der Waals surface area contributed by atoms with Crippen molar-refractivity contribution in [1.29, 1.82) is 0 Å². The number of hydrogen-bond donors (Lipinski definition) is 1. The van der Waals surface area contributed by atoms with Crippen molar-refractivity contribution in [1.82, 2.24) is 5.32 Å². The third-order valence-corrected chi connectivity index (χ3v) is 3.62. The normalized spacial score (nSPS) is 20.0. The highest BCUT2D eigenvalue weighted by Crippen LogP contribution is 2.24. The SMILES string of the molecule is O=C(CC1CCNC1)c1ccc(Cl)c(Cl)c1. The van der Waals surface area contributed by atoms with Gasteiger partial charge in [-0.2, -0.15) is 0 Å². The maximum Gasteiger partial charge on any atom is 0.163 e. The predicted molar refractivity (Wildman–Crippen MR) is 66.4 cm³/mol. The van der Waals surface area contributed by atoms with Gasteiger partial charge in [-0.1, -0.05) is 23.2 Å². The lowest BCUT2D eigenvalue weighted by Gasteiger charge is -2.07. The van der Waals surface area contributed by atoms with Crippen LogP contribution in [0.3, 0.4) is 0 Å². The van der Waals surface area contributed by atoms with E-state index in [0.29, 0.717) is 27.9 Å². The van der Waals surface area contributed by atoms with E-state index >= 15 is 0 Å². The van der Waals surface area contributed by atoms with E-state index in [4.69, 9.17) is 23.2 Å². The van der Waals surface area contributed by atoms with Crippen LogP contribution in [0.2, 0.25) is 10.0 Å². The summed E-state index contributed by atoms with van der Waals surface area (Å²) in [7, 11) is 0. The van der Waals surface area contributed by atoms with Gasteiger partial charge in [0.2, 0.25) is 0 Å². The number of ketones is 1. The van der Waals surface area contributed by atoms with Gasteiger partial charge in [-0.25, -0.2) is 0 Å². The van der Waals surface area contributed by atoms with Crippen LogP contribution in [0.1, 0.15) is 23.2 Å². The lowest BCUT2D eigenvalue weighted by Crippen LogP contribution is -2.12. The third-order valence-electron chi connectivity index (χ3n) is 2.88. The molecule has 1 aliphatic rings. The van der Waals surface area contributed by atoms with Crippen molar-refractivity contribution in [3.05, 3.63) is 33.8 Å². The largest absolute Gasteiger partial charge is 0.316 e. The number of rotatable bonds is 3. The summed E-state index contributed by atoms with van der Waals surface area (Å²) in [6.45, 7) is 1.95. The summed E-state index contributed by atoms with van der Waals surface area (Å²) in [5, 5.41) is 4.18. The molecule has 0 amide bonds. The van der Waals surface area contributed by atoms with Crippen LogP contribution in [0.4, 0.5) is 0 Å². The summed E-state index contributed by atoms with van der Waals surface area (Å²) >= 11 is 11.7. The van der Waals surface area contributed by atoms with E-state index in [0.717, 1.165) is 19.5 Å². The Balaban J connectivity index is 2.05. The molecule has 1 heterocycles. The number of Topliss-reactive ketones (excluding diaryl/α,β-unsaturated/α-hetero) is 1. The molecule has 1 aromatic rings. The molecule has 2 nitrogen and oxygen atoms in total. The van der Waals surface area contributed by atoms with E-state index in [1.807, 2.05) is 0 Å².